The van der Waals surface area contributed by atoms with Crippen LogP contribution in [0.5, 0.6) is 0 Å². The second-order valence-electron chi connectivity index (χ2n) is 2.78. The molecule has 0 spiro atoms. The largest absolute Gasteiger partial charge is 0.286 e. The van der Waals surface area contributed by atoms with Crippen LogP contribution in [0.2, 0.25) is 0 Å². The van der Waals surface area contributed by atoms with Crippen LogP contribution in [0.15, 0.2) is 0 Å². The van der Waals surface area contributed by atoms with Gasteiger partial charge in [0.2, 0.25) is 0 Å². The molecule has 0 aliphatic heterocycles. The quantitative estimate of drug-likeness (QED) is 0.580. The third kappa shape index (κ3) is 24.5. The van der Waals surface area contributed by atoms with E-state index < -0.39 is 10.1 Å². The van der Waals surface area contributed by atoms with Gasteiger partial charge in [-0.3, -0.25) is 4.55 Å². The van der Waals surface area contributed by atoms with Crippen LogP contribution in [-0.4, -0.2) is 24.9 Å². The Morgan fingerprint density at radius 2 is 1.62 bits per heavy atom. The molecule has 0 aliphatic rings. The topological polar surface area (TPSA) is 54.4 Å². The van der Waals surface area contributed by atoms with Crippen molar-refractivity contribution < 1.29 is 13.0 Å². The summed E-state index contributed by atoms with van der Waals surface area (Å²) in [6.45, 7) is 4.06. The lowest BCUT2D eigenvalue weighted by Crippen LogP contribution is -2.02. The van der Waals surface area contributed by atoms with Gasteiger partial charge in [0.25, 0.3) is 10.1 Å². The second kappa shape index (κ2) is 10.4. The van der Waals surface area contributed by atoms with Gasteiger partial charge in [-0.25, -0.2) is 0 Å². The van der Waals surface area contributed by atoms with Crippen molar-refractivity contribution in [1.82, 2.24) is 0 Å². The first-order valence-corrected chi connectivity index (χ1v) is 7.05. The molecule has 0 aromatic carbocycles. The first-order valence-electron chi connectivity index (χ1n) is 4.63. The van der Waals surface area contributed by atoms with Crippen molar-refractivity contribution >= 4 is 19.4 Å². The zero-order valence-electron chi connectivity index (χ0n) is 8.49. The fourth-order valence-corrected chi connectivity index (χ4v) is 1.59. The third-order valence-electron chi connectivity index (χ3n) is 1.31. The van der Waals surface area contributed by atoms with E-state index in [9.17, 15) is 8.42 Å². The van der Waals surface area contributed by atoms with E-state index in [4.69, 9.17) is 4.55 Å². The number of hydrogen-bond donors (Lipinski definition) is 1. The minimum Gasteiger partial charge on any atom is -0.286 e. The van der Waals surface area contributed by atoms with E-state index >= 15 is 0 Å². The fraction of sp³-hybridized carbons (Fsp3) is 1.00. The molecule has 0 heterocycles. The molecule has 0 radical (unpaired) electrons. The Morgan fingerprint density at radius 1 is 1.15 bits per heavy atom. The molecule has 0 bridgehead atoms. The van der Waals surface area contributed by atoms with Gasteiger partial charge >= 0.3 is 0 Å². The molecular formula is C8H21O3PS. The van der Waals surface area contributed by atoms with Crippen molar-refractivity contribution in [1.29, 1.82) is 0 Å². The summed E-state index contributed by atoms with van der Waals surface area (Å²) in [6, 6.07) is 0. The van der Waals surface area contributed by atoms with Crippen molar-refractivity contribution in [2.24, 2.45) is 0 Å². The summed E-state index contributed by atoms with van der Waals surface area (Å²) in [5.74, 6) is -0.108. The molecule has 0 saturated heterocycles. The van der Waals surface area contributed by atoms with Crippen LogP contribution in [0.1, 0.15) is 39.5 Å². The Bertz CT molecular complexity index is 176. The Hall–Kier alpha value is 0.340. The second-order valence-corrected chi connectivity index (χ2v) is 4.93. The highest BCUT2D eigenvalue weighted by Crippen LogP contribution is 1.90. The number of rotatable bonds is 5. The summed E-state index contributed by atoms with van der Waals surface area (Å²) < 4.78 is 28.0. The van der Waals surface area contributed by atoms with Crippen LogP contribution >= 0.6 is 9.24 Å². The summed E-state index contributed by atoms with van der Waals surface area (Å²) in [5, 5.41) is 0. The van der Waals surface area contributed by atoms with Gasteiger partial charge in [-0.15, -0.1) is 9.24 Å². The number of hydrogen-bond acceptors (Lipinski definition) is 2. The average molecular weight is 228 g/mol. The molecule has 0 amide bonds. The zero-order chi connectivity index (χ0) is 10.7. The third-order valence-corrected chi connectivity index (χ3v) is 2.53. The molecule has 13 heavy (non-hydrogen) atoms. The monoisotopic (exact) mass is 228 g/mol. The van der Waals surface area contributed by atoms with Gasteiger partial charge in [0.1, 0.15) is 0 Å². The molecule has 3 nitrogen and oxygen atoms in total. The molecule has 5 heteroatoms. The van der Waals surface area contributed by atoms with E-state index in [0.717, 1.165) is 6.42 Å². The summed E-state index contributed by atoms with van der Waals surface area (Å²) in [7, 11) is -0.987. The standard InChI is InChI=1S/C4H10O3S.C4H11P/c1-2-3-4-8(5,6)7;1-2-3-4-5/h2-4H2,1H3,(H,5,6,7);2-5H2,1H3. The summed E-state index contributed by atoms with van der Waals surface area (Å²) in [5.41, 5.74) is 0. The summed E-state index contributed by atoms with van der Waals surface area (Å²) >= 11 is 0. The van der Waals surface area contributed by atoms with Gasteiger partial charge in [-0.05, 0) is 12.6 Å². The predicted molar refractivity (Wildman–Crippen MR) is 60.8 cm³/mol. The van der Waals surface area contributed by atoms with Crippen molar-refractivity contribution in [3.63, 3.8) is 0 Å². The van der Waals surface area contributed by atoms with Crippen molar-refractivity contribution in [2.45, 2.75) is 39.5 Å². The maximum atomic E-state index is 9.95. The first kappa shape index (κ1) is 15.8. The van der Waals surface area contributed by atoms with E-state index in [1.165, 1.54) is 19.0 Å². The molecule has 1 N–H and O–H groups in total. The SMILES string of the molecule is CCCCP.CCCCS(=O)(=O)O. The van der Waals surface area contributed by atoms with Crippen molar-refractivity contribution in [2.75, 3.05) is 11.9 Å². The molecule has 0 saturated carbocycles. The predicted octanol–water partition coefficient (Wildman–Crippen LogP) is 2.34. The van der Waals surface area contributed by atoms with Crippen LogP contribution in [-0.2, 0) is 10.1 Å². The average Bonchev–Trinajstić information content (AvgIpc) is 2.02. The molecular weight excluding hydrogens is 207 g/mol. The molecule has 0 aromatic rings. The molecule has 1 unspecified atom stereocenters. The highest BCUT2D eigenvalue weighted by Gasteiger charge is 2.00. The van der Waals surface area contributed by atoms with E-state index in [1.807, 2.05) is 6.92 Å². The van der Waals surface area contributed by atoms with Gasteiger partial charge in [-0.1, -0.05) is 33.1 Å². The van der Waals surface area contributed by atoms with Gasteiger partial charge in [0.15, 0.2) is 0 Å². The van der Waals surface area contributed by atoms with Crippen LogP contribution in [0.3, 0.4) is 0 Å². The minimum atomic E-state index is -3.69. The van der Waals surface area contributed by atoms with Gasteiger partial charge in [0, 0.05) is 0 Å². The smallest absolute Gasteiger partial charge is 0.264 e. The van der Waals surface area contributed by atoms with E-state index in [2.05, 4.69) is 16.2 Å². The van der Waals surface area contributed by atoms with Crippen molar-refractivity contribution in [3.8, 4) is 0 Å². The van der Waals surface area contributed by atoms with E-state index in [-0.39, 0.29) is 5.75 Å². The maximum Gasteiger partial charge on any atom is 0.264 e. The molecule has 1 atom stereocenters. The maximum absolute atomic E-state index is 9.95. The Labute approximate surface area is 84.3 Å². The van der Waals surface area contributed by atoms with Gasteiger partial charge < -0.3 is 0 Å². The molecule has 0 fully saturated rings. The van der Waals surface area contributed by atoms with E-state index in [1.54, 1.807) is 0 Å². The minimum absolute atomic E-state index is 0.108. The van der Waals surface area contributed by atoms with Crippen LogP contribution in [0, 0.1) is 0 Å². The van der Waals surface area contributed by atoms with Crippen LogP contribution < -0.4 is 0 Å². The van der Waals surface area contributed by atoms with Crippen LogP contribution in [0.25, 0.3) is 0 Å². The van der Waals surface area contributed by atoms with Crippen LogP contribution in [0.4, 0.5) is 0 Å². The highest BCUT2D eigenvalue weighted by atomic mass is 32.2. The molecule has 0 rings (SSSR count). The molecule has 82 valence electrons. The first-order chi connectivity index (χ1) is 5.97. The lowest BCUT2D eigenvalue weighted by molar-refractivity contribution is 0.480. The van der Waals surface area contributed by atoms with Gasteiger partial charge in [0.05, 0.1) is 5.75 Å². The number of unbranched alkanes of at least 4 members (excludes halogenated alkanes) is 2. The zero-order valence-corrected chi connectivity index (χ0v) is 10.5. The Kier molecular flexibility index (Phi) is 12.7. The lowest BCUT2D eigenvalue weighted by Gasteiger charge is -1.90. The summed E-state index contributed by atoms with van der Waals surface area (Å²) in [6.07, 6.45) is 5.27. The fourth-order valence-electron chi connectivity index (χ4n) is 0.531. The van der Waals surface area contributed by atoms with E-state index in [0.29, 0.717) is 6.42 Å². The van der Waals surface area contributed by atoms with Gasteiger partial charge in [-0.2, -0.15) is 8.42 Å². The molecule has 0 aliphatic carbocycles. The highest BCUT2D eigenvalue weighted by molar-refractivity contribution is 7.85. The van der Waals surface area contributed by atoms with Crippen molar-refractivity contribution in [3.05, 3.63) is 0 Å². The molecule has 0 aromatic heterocycles. The Morgan fingerprint density at radius 3 is 1.69 bits per heavy atom. The normalized spacial score (nSPS) is 10.5. The summed E-state index contributed by atoms with van der Waals surface area (Å²) in [4.78, 5) is 0. The lowest BCUT2D eigenvalue weighted by atomic mass is 10.4. The Balaban J connectivity index is 0.